The van der Waals surface area contributed by atoms with E-state index in [1.165, 1.54) is 4.90 Å². The predicted molar refractivity (Wildman–Crippen MR) is 152 cm³/mol. The number of primary amides is 1. The van der Waals surface area contributed by atoms with Gasteiger partial charge in [0.25, 0.3) is 5.91 Å². The lowest BCUT2D eigenvalue weighted by atomic mass is 9.98. The molecule has 2 aromatic rings. The summed E-state index contributed by atoms with van der Waals surface area (Å²) < 4.78 is 5.30. The van der Waals surface area contributed by atoms with Crippen LogP contribution in [0.5, 0.6) is 0 Å². The Bertz CT molecular complexity index is 1170. The maximum Gasteiger partial charge on any atom is 0.408 e. The topological polar surface area (TPSA) is 131 Å². The Morgan fingerprint density at radius 1 is 1.05 bits per heavy atom. The molecule has 0 bridgehead atoms. The van der Waals surface area contributed by atoms with E-state index >= 15 is 0 Å². The second kappa shape index (κ2) is 13.5. The molecule has 0 saturated heterocycles. The van der Waals surface area contributed by atoms with Crippen LogP contribution in [0.1, 0.15) is 70.7 Å². The summed E-state index contributed by atoms with van der Waals surface area (Å²) in [4.78, 5) is 53.7. The number of para-hydroxylation sites is 1. The number of anilines is 1. The summed E-state index contributed by atoms with van der Waals surface area (Å²) in [6, 6.07) is 9.61. The number of carbonyl (C=O) groups is 4. The van der Waals surface area contributed by atoms with Gasteiger partial charge < -0.3 is 26.0 Å². The molecule has 4 N–H and O–H groups in total. The van der Waals surface area contributed by atoms with Crippen LogP contribution in [-0.2, 0) is 25.5 Å². The normalized spacial score (nSPS) is 12.8. The van der Waals surface area contributed by atoms with E-state index in [1.807, 2.05) is 32.0 Å². The molecule has 212 valence electrons. The highest BCUT2D eigenvalue weighted by Gasteiger charge is 2.38. The Labute approximate surface area is 235 Å². The minimum Gasteiger partial charge on any atom is -0.444 e. The lowest BCUT2D eigenvalue weighted by molar-refractivity contribution is -0.143. The first kappa shape index (κ1) is 31.6. The number of rotatable bonds is 10. The van der Waals surface area contributed by atoms with Gasteiger partial charge in [0.15, 0.2) is 0 Å². The van der Waals surface area contributed by atoms with Gasteiger partial charge >= 0.3 is 6.09 Å². The second-order valence-electron chi connectivity index (χ2n) is 10.6. The average molecular weight is 559 g/mol. The molecule has 0 aliphatic carbocycles. The molecule has 0 radical (unpaired) electrons. The van der Waals surface area contributed by atoms with Crippen molar-refractivity contribution in [2.45, 2.75) is 85.0 Å². The predicted octanol–water partition coefficient (Wildman–Crippen LogP) is 4.90. The fourth-order valence-corrected chi connectivity index (χ4v) is 4.34. The van der Waals surface area contributed by atoms with Crippen molar-refractivity contribution in [3.63, 3.8) is 0 Å². The fourth-order valence-electron chi connectivity index (χ4n) is 4.07. The van der Waals surface area contributed by atoms with Gasteiger partial charge in [-0.1, -0.05) is 54.9 Å². The van der Waals surface area contributed by atoms with E-state index in [9.17, 15) is 19.2 Å². The molecule has 2 atom stereocenters. The van der Waals surface area contributed by atoms with E-state index < -0.39 is 54.0 Å². The van der Waals surface area contributed by atoms with Crippen LogP contribution in [0.3, 0.4) is 0 Å². The minimum absolute atomic E-state index is 0.351. The molecule has 0 aliphatic heterocycles. The number of nitrogens with zero attached hydrogens (tertiary/aromatic N) is 1. The number of hydrogen-bond acceptors (Lipinski definition) is 5. The SMILES string of the molecule is CCc1ccc(C(C(=O)Nc2c(C)cccc2Cl)N(C(=O)C(CC(N)=O)NC(=O)OC(C)(C)C)C(C)C)cc1. The fraction of sp³-hybridized carbons (Fsp3) is 0.448. The first-order valence-electron chi connectivity index (χ1n) is 12.9. The number of aryl methyl sites for hydroxylation is 2. The monoisotopic (exact) mass is 558 g/mol. The maximum absolute atomic E-state index is 14.0. The van der Waals surface area contributed by atoms with Crippen LogP contribution in [0.2, 0.25) is 5.02 Å². The maximum atomic E-state index is 14.0. The van der Waals surface area contributed by atoms with Crippen LogP contribution in [0, 0.1) is 6.92 Å². The highest BCUT2D eigenvalue weighted by molar-refractivity contribution is 6.34. The Morgan fingerprint density at radius 3 is 2.15 bits per heavy atom. The number of carbonyl (C=O) groups excluding carboxylic acids is 4. The Balaban J connectivity index is 2.58. The molecule has 0 saturated carbocycles. The third-order valence-corrected chi connectivity index (χ3v) is 6.22. The quantitative estimate of drug-likeness (QED) is 0.382. The molecular weight excluding hydrogens is 520 g/mol. The van der Waals surface area contributed by atoms with E-state index in [0.717, 1.165) is 17.5 Å². The van der Waals surface area contributed by atoms with Gasteiger partial charge in [0.05, 0.1) is 17.1 Å². The number of alkyl carbamates (subject to hydrolysis) is 1. The third-order valence-electron chi connectivity index (χ3n) is 5.91. The van der Waals surface area contributed by atoms with E-state index in [4.69, 9.17) is 22.1 Å². The van der Waals surface area contributed by atoms with Crippen molar-refractivity contribution in [2.24, 2.45) is 5.73 Å². The molecule has 0 fully saturated rings. The smallest absolute Gasteiger partial charge is 0.408 e. The summed E-state index contributed by atoms with van der Waals surface area (Å²) in [7, 11) is 0. The van der Waals surface area contributed by atoms with Crippen molar-refractivity contribution < 1.29 is 23.9 Å². The van der Waals surface area contributed by atoms with Gasteiger partial charge in [-0.2, -0.15) is 0 Å². The van der Waals surface area contributed by atoms with Crippen LogP contribution in [-0.4, -0.2) is 46.4 Å². The molecule has 0 aliphatic rings. The number of nitrogens with two attached hydrogens (primary N) is 1. The van der Waals surface area contributed by atoms with Gasteiger partial charge in [-0.3, -0.25) is 14.4 Å². The molecule has 39 heavy (non-hydrogen) atoms. The van der Waals surface area contributed by atoms with E-state index in [1.54, 1.807) is 58.9 Å². The summed E-state index contributed by atoms with van der Waals surface area (Å²) >= 11 is 6.38. The van der Waals surface area contributed by atoms with E-state index in [-0.39, 0.29) is 0 Å². The second-order valence-corrected chi connectivity index (χ2v) is 11.0. The average Bonchev–Trinajstić information content (AvgIpc) is 2.82. The third kappa shape index (κ3) is 8.99. The van der Waals surface area contributed by atoms with Crippen LogP contribution in [0.25, 0.3) is 0 Å². The molecule has 0 spiro atoms. The first-order valence-corrected chi connectivity index (χ1v) is 13.3. The lowest BCUT2D eigenvalue weighted by Crippen LogP contribution is -2.55. The van der Waals surface area contributed by atoms with Gasteiger partial charge in [-0.05, 0) is 70.7 Å². The van der Waals surface area contributed by atoms with Crippen LogP contribution < -0.4 is 16.4 Å². The molecule has 10 heteroatoms. The zero-order valence-corrected chi connectivity index (χ0v) is 24.4. The summed E-state index contributed by atoms with van der Waals surface area (Å²) in [6.45, 7) is 12.3. The van der Waals surface area contributed by atoms with E-state index in [2.05, 4.69) is 10.6 Å². The molecule has 0 heterocycles. The highest BCUT2D eigenvalue weighted by Crippen LogP contribution is 2.30. The number of nitrogens with one attached hydrogen (secondary N) is 2. The van der Waals surface area contributed by atoms with Gasteiger partial charge in [-0.25, -0.2) is 4.79 Å². The van der Waals surface area contributed by atoms with Gasteiger partial charge in [0, 0.05) is 6.04 Å². The zero-order chi connectivity index (χ0) is 29.5. The molecular formula is C29H39ClN4O5. The summed E-state index contributed by atoms with van der Waals surface area (Å²) in [5, 5.41) is 5.70. The zero-order valence-electron chi connectivity index (χ0n) is 23.6. The van der Waals surface area contributed by atoms with Crippen molar-refractivity contribution in [2.75, 3.05) is 5.32 Å². The summed E-state index contributed by atoms with van der Waals surface area (Å²) in [6.07, 6.45) is -0.567. The largest absolute Gasteiger partial charge is 0.444 e. The number of hydrogen-bond donors (Lipinski definition) is 3. The number of halogens is 1. The number of amides is 4. The molecule has 9 nitrogen and oxygen atoms in total. The molecule has 4 amide bonds. The molecule has 0 aromatic heterocycles. The summed E-state index contributed by atoms with van der Waals surface area (Å²) in [5.74, 6) is -1.97. The Morgan fingerprint density at radius 2 is 1.67 bits per heavy atom. The highest BCUT2D eigenvalue weighted by atomic mass is 35.5. The van der Waals surface area contributed by atoms with Crippen LogP contribution in [0.4, 0.5) is 10.5 Å². The standard InChI is InChI=1S/C29H39ClN4O5/c1-8-19-12-14-20(15-13-19)25(26(36)33-24-18(4)10-9-11-21(24)30)34(17(2)3)27(37)22(16-23(31)35)32-28(38)39-29(5,6)7/h9-15,17,22,25H,8,16H2,1-7H3,(H2,31,35)(H,32,38)(H,33,36). The van der Waals surface area contributed by atoms with Crippen LogP contribution in [0.15, 0.2) is 42.5 Å². The Kier molecular flexibility index (Phi) is 10.9. The van der Waals surface area contributed by atoms with Crippen molar-refractivity contribution >= 4 is 41.1 Å². The van der Waals surface area contributed by atoms with Gasteiger partial charge in [-0.15, -0.1) is 0 Å². The lowest BCUT2D eigenvalue weighted by Gasteiger charge is -2.37. The Hall–Kier alpha value is -3.59. The van der Waals surface area contributed by atoms with Gasteiger partial charge in [0.1, 0.15) is 17.7 Å². The number of ether oxygens (including phenoxy) is 1. The minimum atomic E-state index is -1.35. The van der Waals surface area contributed by atoms with Crippen molar-refractivity contribution in [1.29, 1.82) is 0 Å². The van der Waals surface area contributed by atoms with E-state index in [0.29, 0.717) is 16.3 Å². The number of benzene rings is 2. The molecule has 2 rings (SSSR count). The van der Waals surface area contributed by atoms with Crippen molar-refractivity contribution in [3.8, 4) is 0 Å². The van der Waals surface area contributed by atoms with Crippen molar-refractivity contribution in [1.82, 2.24) is 10.2 Å². The summed E-state index contributed by atoms with van der Waals surface area (Å²) in [5.41, 5.74) is 7.37. The molecule has 2 unspecified atom stereocenters. The van der Waals surface area contributed by atoms with Crippen LogP contribution >= 0.6 is 11.6 Å². The first-order chi connectivity index (χ1) is 18.1. The molecule has 2 aromatic carbocycles. The van der Waals surface area contributed by atoms with Crippen molar-refractivity contribution in [3.05, 3.63) is 64.2 Å². The van der Waals surface area contributed by atoms with Gasteiger partial charge in [0.2, 0.25) is 11.8 Å².